The van der Waals surface area contributed by atoms with E-state index in [1.807, 2.05) is 85.2 Å². The zero-order valence-corrected chi connectivity index (χ0v) is 32.7. The lowest BCUT2D eigenvalue weighted by atomic mass is 9.85. The predicted molar refractivity (Wildman–Crippen MR) is 238 cm³/mol. The van der Waals surface area contributed by atoms with Crippen LogP contribution in [0, 0.1) is 13.8 Å². The summed E-state index contributed by atoms with van der Waals surface area (Å²) in [5.41, 5.74) is 13.3. The van der Waals surface area contributed by atoms with Crippen molar-refractivity contribution in [3.63, 3.8) is 0 Å². The molecule has 0 fully saturated rings. The summed E-state index contributed by atoms with van der Waals surface area (Å²) in [6, 6.07) is 66.6. The molecule has 0 unspecified atom stereocenters. The lowest BCUT2D eigenvalue weighted by Crippen LogP contribution is -2.21. The molecule has 8 aromatic rings. The third-order valence-electron chi connectivity index (χ3n) is 10.2. The van der Waals surface area contributed by atoms with Crippen LogP contribution in [0.2, 0.25) is 0 Å². The average molecular weight is 739 g/mol. The number of aliphatic imine (C=N–C) groups is 2. The molecule has 0 saturated heterocycles. The third kappa shape index (κ3) is 9.26. The first-order valence-corrected chi connectivity index (χ1v) is 19.3. The van der Waals surface area contributed by atoms with Crippen molar-refractivity contribution in [1.82, 2.24) is 9.97 Å². The monoisotopic (exact) mass is 738 g/mol. The number of benzene rings is 6. The number of pyridine rings is 2. The first-order chi connectivity index (χ1) is 28.0. The van der Waals surface area contributed by atoms with Gasteiger partial charge in [-0.15, -0.1) is 0 Å². The molecule has 2 heterocycles. The zero-order valence-electron chi connectivity index (χ0n) is 32.7. The third-order valence-corrected chi connectivity index (χ3v) is 10.2. The first-order valence-electron chi connectivity index (χ1n) is 19.3. The Morgan fingerprint density at radius 3 is 1.25 bits per heavy atom. The van der Waals surface area contributed by atoms with Gasteiger partial charge in [0.2, 0.25) is 0 Å². The Labute approximate surface area is 337 Å². The topological polar surface area (TPSA) is 50.5 Å². The van der Waals surface area contributed by atoms with Gasteiger partial charge < -0.3 is 0 Å². The highest BCUT2D eigenvalue weighted by molar-refractivity contribution is 5.80. The maximum Gasteiger partial charge on any atom is 0.108 e. The number of nitrogens with zero attached hydrogens (tertiary/aromatic N) is 4. The molecule has 0 aliphatic carbocycles. The van der Waals surface area contributed by atoms with E-state index in [4.69, 9.17) is 9.98 Å². The Hall–Kier alpha value is -7.04. The second kappa shape index (κ2) is 18.5. The Morgan fingerprint density at radius 1 is 0.421 bits per heavy atom. The standard InChI is InChI=1S/C33H28N2.C20H18N2/c1-24-13-3-5-16-27(24)29-18-7-9-20-31(29)33(35-23-26-15-11-12-22-34-26)32-21-10-8-19-30(32)28-17-6-4-14-25(28)2;1-20(17-10-4-2-5-11-17,18-12-6-3-7-13-18)22-16-19-14-8-9-15-21-19/h3-23,33H,1-2H3;2-16H,1H3. The van der Waals surface area contributed by atoms with Crippen LogP contribution < -0.4 is 0 Å². The molecule has 8 rings (SSSR count). The van der Waals surface area contributed by atoms with E-state index >= 15 is 0 Å². The SMILES string of the molecule is CC(N=Cc1ccccn1)(c1ccccc1)c1ccccc1.Cc1ccccc1-c1ccccc1C(N=Cc1ccccn1)c1ccccc1-c1ccccc1C. The van der Waals surface area contributed by atoms with E-state index in [9.17, 15) is 0 Å². The number of hydrogen-bond donors (Lipinski definition) is 0. The number of aromatic nitrogens is 2. The average Bonchev–Trinajstić information content (AvgIpc) is 3.28. The maximum absolute atomic E-state index is 5.18. The van der Waals surface area contributed by atoms with Gasteiger partial charge in [-0.2, -0.15) is 0 Å². The predicted octanol–water partition coefficient (Wildman–Crippen LogP) is 12.7. The normalized spacial score (nSPS) is 11.4. The van der Waals surface area contributed by atoms with Crippen molar-refractivity contribution in [3.05, 3.63) is 251 Å². The Balaban J connectivity index is 0.000000194. The van der Waals surface area contributed by atoms with Crippen molar-refractivity contribution in [3.8, 4) is 22.3 Å². The van der Waals surface area contributed by atoms with Gasteiger partial charge >= 0.3 is 0 Å². The van der Waals surface area contributed by atoms with Crippen molar-refractivity contribution >= 4 is 12.4 Å². The molecule has 2 aromatic heterocycles. The fourth-order valence-corrected chi connectivity index (χ4v) is 7.13. The van der Waals surface area contributed by atoms with Crippen LogP contribution in [0.4, 0.5) is 0 Å². The van der Waals surface area contributed by atoms with Gasteiger partial charge in [0.05, 0.1) is 11.4 Å². The molecule has 0 saturated carbocycles. The van der Waals surface area contributed by atoms with Crippen molar-refractivity contribution in [2.75, 3.05) is 0 Å². The van der Waals surface area contributed by atoms with Crippen molar-refractivity contribution in [2.24, 2.45) is 9.98 Å². The highest BCUT2D eigenvalue weighted by Gasteiger charge is 2.27. The van der Waals surface area contributed by atoms with Crippen LogP contribution in [0.25, 0.3) is 22.3 Å². The van der Waals surface area contributed by atoms with E-state index in [1.54, 1.807) is 12.4 Å². The van der Waals surface area contributed by atoms with Crippen molar-refractivity contribution in [2.45, 2.75) is 32.4 Å². The molecular formula is C53H46N4. The fraction of sp³-hybridized carbons (Fsp3) is 0.0943. The summed E-state index contributed by atoms with van der Waals surface area (Å²) < 4.78 is 0. The minimum absolute atomic E-state index is 0.191. The smallest absolute Gasteiger partial charge is 0.108 e. The summed E-state index contributed by atoms with van der Waals surface area (Å²) in [7, 11) is 0. The lowest BCUT2D eigenvalue weighted by Gasteiger charge is -2.26. The Kier molecular flexibility index (Phi) is 12.4. The number of hydrogen-bond acceptors (Lipinski definition) is 4. The lowest BCUT2D eigenvalue weighted by molar-refractivity contribution is 0.610. The molecule has 278 valence electrons. The molecule has 4 heteroatoms. The van der Waals surface area contributed by atoms with E-state index < -0.39 is 5.54 Å². The molecule has 0 bridgehead atoms. The summed E-state index contributed by atoms with van der Waals surface area (Å²) in [5.74, 6) is 0. The highest BCUT2D eigenvalue weighted by atomic mass is 14.9. The zero-order chi connectivity index (χ0) is 39.3. The summed E-state index contributed by atoms with van der Waals surface area (Å²) in [5, 5.41) is 0. The molecule has 0 spiro atoms. The molecule has 6 aromatic carbocycles. The van der Waals surface area contributed by atoms with Gasteiger partial charge in [0.15, 0.2) is 0 Å². The Morgan fingerprint density at radius 2 is 0.807 bits per heavy atom. The van der Waals surface area contributed by atoms with Gasteiger partial charge in [-0.25, -0.2) is 0 Å². The van der Waals surface area contributed by atoms with Gasteiger partial charge in [-0.3, -0.25) is 20.0 Å². The molecule has 0 N–H and O–H groups in total. The summed E-state index contributed by atoms with van der Waals surface area (Å²) in [6.07, 6.45) is 7.33. The van der Waals surface area contributed by atoms with Crippen LogP contribution in [-0.2, 0) is 5.54 Å². The number of aryl methyl sites for hydroxylation is 2. The van der Waals surface area contributed by atoms with E-state index in [0.29, 0.717) is 0 Å². The summed E-state index contributed by atoms with van der Waals surface area (Å²) in [6.45, 7) is 6.47. The molecule has 57 heavy (non-hydrogen) atoms. The minimum Gasteiger partial charge on any atom is -0.278 e. The maximum atomic E-state index is 5.18. The van der Waals surface area contributed by atoms with E-state index in [2.05, 4.69) is 152 Å². The molecule has 0 radical (unpaired) electrons. The fourth-order valence-electron chi connectivity index (χ4n) is 7.13. The minimum atomic E-state index is -0.431. The summed E-state index contributed by atoms with van der Waals surface area (Å²) in [4.78, 5) is 18.9. The molecule has 4 nitrogen and oxygen atoms in total. The van der Waals surface area contributed by atoms with E-state index in [1.165, 1.54) is 44.5 Å². The van der Waals surface area contributed by atoms with Gasteiger partial charge in [-0.1, -0.05) is 170 Å². The highest BCUT2D eigenvalue weighted by Crippen LogP contribution is 2.40. The van der Waals surface area contributed by atoms with Crippen LogP contribution >= 0.6 is 0 Å². The van der Waals surface area contributed by atoms with Crippen molar-refractivity contribution < 1.29 is 0 Å². The second-order valence-electron chi connectivity index (χ2n) is 14.1. The van der Waals surface area contributed by atoms with Crippen LogP contribution in [0.5, 0.6) is 0 Å². The van der Waals surface area contributed by atoms with Gasteiger partial charge in [-0.05, 0) is 101 Å². The number of rotatable bonds is 10. The van der Waals surface area contributed by atoms with Crippen molar-refractivity contribution in [1.29, 1.82) is 0 Å². The molecule has 0 aliphatic rings. The van der Waals surface area contributed by atoms with Gasteiger partial charge in [0.1, 0.15) is 11.6 Å². The Bertz CT molecular complexity index is 2420. The van der Waals surface area contributed by atoms with Crippen LogP contribution in [0.3, 0.4) is 0 Å². The summed E-state index contributed by atoms with van der Waals surface area (Å²) >= 11 is 0. The molecule has 0 amide bonds. The van der Waals surface area contributed by atoms with Gasteiger partial charge in [0.25, 0.3) is 0 Å². The molecule has 0 aliphatic heterocycles. The van der Waals surface area contributed by atoms with E-state index in [0.717, 1.165) is 22.5 Å². The largest absolute Gasteiger partial charge is 0.278 e. The molecular weight excluding hydrogens is 693 g/mol. The van der Waals surface area contributed by atoms with Crippen LogP contribution in [-0.4, -0.2) is 22.4 Å². The molecule has 0 atom stereocenters. The van der Waals surface area contributed by atoms with Crippen LogP contribution in [0.15, 0.2) is 217 Å². The van der Waals surface area contributed by atoms with E-state index in [-0.39, 0.29) is 6.04 Å². The second-order valence-corrected chi connectivity index (χ2v) is 14.1. The van der Waals surface area contributed by atoms with Crippen LogP contribution in [0.1, 0.15) is 57.7 Å². The quantitative estimate of drug-likeness (QED) is 0.131. The van der Waals surface area contributed by atoms with Gasteiger partial charge in [0, 0.05) is 24.8 Å². The first kappa shape index (κ1) is 38.2.